The van der Waals surface area contributed by atoms with Crippen LogP contribution in [-0.2, 0) is 4.74 Å². The lowest BCUT2D eigenvalue weighted by atomic mass is 10.2. The fraction of sp³-hybridized carbons (Fsp3) is 0.158. The number of halogens is 1. The van der Waals surface area contributed by atoms with Gasteiger partial charge in [-0.25, -0.2) is 9.18 Å². The summed E-state index contributed by atoms with van der Waals surface area (Å²) in [6.07, 6.45) is 0.621. The second-order valence-electron chi connectivity index (χ2n) is 5.47. The van der Waals surface area contributed by atoms with Crippen LogP contribution in [0.1, 0.15) is 22.1 Å². The van der Waals surface area contributed by atoms with E-state index in [-0.39, 0.29) is 11.7 Å². The van der Waals surface area contributed by atoms with Crippen molar-refractivity contribution in [3.8, 4) is 5.75 Å². The molecule has 2 aromatic carbocycles. The fourth-order valence-electron chi connectivity index (χ4n) is 2.60. The Kier molecular flexibility index (Phi) is 4.52. The average Bonchev–Trinajstić information content (AvgIpc) is 3.02. The summed E-state index contributed by atoms with van der Waals surface area (Å²) in [5.74, 6) is -0.872. The quantitative estimate of drug-likeness (QED) is 0.679. The van der Waals surface area contributed by atoms with E-state index in [4.69, 9.17) is 9.47 Å². The minimum Gasteiger partial charge on any atom is -0.481 e. The van der Waals surface area contributed by atoms with Crippen LogP contribution in [-0.4, -0.2) is 29.7 Å². The molecule has 0 saturated heterocycles. The number of carbonyl (C=O) groups is 2. The molecule has 0 N–H and O–H groups in total. The number of hydrogen-bond acceptors (Lipinski definition) is 4. The first-order chi connectivity index (χ1) is 12.0. The maximum Gasteiger partial charge on any atom is 0.340 e. The molecule has 0 aliphatic rings. The van der Waals surface area contributed by atoms with E-state index in [0.29, 0.717) is 22.2 Å². The summed E-state index contributed by atoms with van der Waals surface area (Å²) in [6, 6.07) is 12.5. The van der Waals surface area contributed by atoms with Crippen LogP contribution in [0.2, 0.25) is 0 Å². The molecule has 0 aliphatic heterocycles. The number of ether oxygens (including phenoxy) is 2. The molecule has 5 nitrogen and oxygen atoms in total. The Morgan fingerprint density at radius 2 is 1.76 bits per heavy atom. The van der Waals surface area contributed by atoms with Crippen LogP contribution in [0.5, 0.6) is 5.75 Å². The van der Waals surface area contributed by atoms with Crippen LogP contribution in [0.25, 0.3) is 10.9 Å². The van der Waals surface area contributed by atoms with Crippen LogP contribution in [0.3, 0.4) is 0 Å². The predicted octanol–water partition coefficient (Wildman–Crippen LogP) is 3.67. The predicted molar refractivity (Wildman–Crippen MR) is 90.4 cm³/mol. The summed E-state index contributed by atoms with van der Waals surface area (Å²) in [7, 11) is 1.29. The molecule has 0 radical (unpaired) electrons. The van der Waals surface area contributed by atoms with Gasteiger partial charge >= 0.3 is 5.97 Å². The van der Waals surface area contributed by atoms with Crippen molar-refractivity contribution in [3.05, 3.63) is 66.1 Å². The summed E-state index contributed by atoms with van der Waals surface area (Å²) in [5, 5.41) is 0.622. The number of para-hydroxylation sites is 1. The monoisotopic (exact) mass is 341 g/mol. The number of esters is 1. The lowest BCUT2D eigenvalue weighted by molar-refractivity contribution is 0.0602. The summed E-state index contributed by atoms with van der Waals surface area (Å²) in [6.45, 7) is 1.60. The molecular formula is C19H16FNO4. The number of methoxy groups -OCH3 is 1. The van der Waals surface area contributed by atoms with Gasteiger partial charge in [0, 0.05) is 11.6 Å². The maximum atomic E-state index is 13.0. The molecule has 3 rings (SSSR count). The van der Waals surface area contributed by atoms with Crippen molar-refractivity contribution >= 4 is 22.8 Å². The molecule has 128 valence electrons. The third-order valence-corrected chi connectivity index (χ3v) is 3.83. The molecule has 1 heterocycles. The minimum atomic E-state index is -0.827. The summed E-state index contributed by atoms with van der Waals surface area (Å²) < 4.78 is 24.7. The van der Waals surface area contributed by atoms with Gasteiger partial charge in [0.25, 0.3) is 5.91 Å². The van der Waals surface area contributed by atoms with Gasteiger partial charge in [0.05, 0.1) is 18.2 Å². The van der Waals surface area contributed by atoms with Gasteiger partial charge in [0.15, 0.2) is 6.10 Å². The highest BCUT2D eigenvalue weighted by Crippen LogP contribution is 2.23. The molecule has 0 aliphatic carbocycles. The molecule has 0 spiro atoms. The van der Waals surface area contributed by atoms with Gasteiger partial charge in [-0.15, -0.1) is 0 Å². The Balaban J connectivity index is 1.93. The van der Waals surface area contributed by atoms with Crippen LogP contribution >= 0.6 is 0 Å². The van der Waals surface area contributed by atoms with E-state index in [1.807, 2.05) is 0 Å². The molecule has 0 unspecified atom stereocenters. The lowest BCUT2D eigenvalue weighted by Crippen LogP contribution is -2.28. The highest BCUT2D eigenvalue weighted by Gasteiger charge is 2.23. The van der Waals surface area contributed by atoms with Crippen LogP contribution in [0.4, 0.5) is 4.39 Å². The molecule has 1 atom stereocenters. The number of hydrogen-bond donors (Lipinski definition) is 0. The molecular weight excluding hydrogens is 325 g/mol. The molecule has 6 heteroatoms. The Morgan fingerprint density at radius 3 is 2.44 bits per heavy atom. The molecule has 0 bridgehead atoms. The number of benzene rings is 2. The largest absolute Gasteiger partial charge is 0.481 e. The normalized spacial score (nSPS) is 12.0. The van der Waals surface area contributed by atoms with E-state index in [0.717, 1.165) is 0 Å². The fourth-order valence-corrected chi connectivity index (χ4v) is 2.60. The standard InChI is InChI=1S/C19H16FNO4/c1-12(25-14-9-7-13(20)8-10-14)18(22)21-11-16(19(23)24-2)15-5-3-4-6-17(15)21/h3-12H,1-2H3/t12-/m0/s1. The number of carbonyl (C=O) groups excluding carboxylic acids is 2. The average molecular weight is 341 g/mol. The SMILES string of the molecule is COC(=O)c1cn(C(=O)[C@H](C)Oc2ccc(F)cc2)c2ccccc12. The zero-order chi connectivity index (χ0) is 18.0. The van der Waals surface area contributed by atoms with Gasteiger partial charge in [-0.05, 0) is 37.3 Å². The Hall–Kier alpha value is -3.15. The number of rotatable bonds is 4. The van der Waals surface area contributed by atoms with Crippen molar-refractivity contribution in [2.45, 2.75) is 13.0 Å². The third-order valence-electron chi connectivity index (χ3n) is 3.83. The van der Waals surface area contributed by atoms with Crippen molar-refractivity contribution in [2.75, 3.05) is 7.11 Å². The maximum absolute atomic E-state index is 13.0. The van der Waals surface area contributed by atoms with E-state index in [9.17, 15) is 14.0 Å². The van der Waals surface area contributed by atoms with E-state index < -0.39 is 12.1 Å². The van der Waals surface area contributed by atoms with Crippen molar-refractivity contribution in [1.29, 1.82) is 0 Å². The van der Waals surface area contributed by atoms with Crippen LogP contribution < -0.4 is 4.74 Å². The summed E-state index contributed by atoms with van der Waals surface area (Å²) in [5.41, 5.74) is 0.892. The first-order valence-electron chi connectivity index (χ1n) is 7.66. The highest BCUT2D eigenvalue weighted by atomic mass is 19.1. The topological polar surface area (TPSA) is 57.5 Å². The van der Waals surface area contributed by atoms with Crippen molar-refractivity contribution < 1.29 is 23.5 Å². The number of nitrogens with zero attached hydrogens (tertiary/aromatic N) is 1. The van der Waals surface area contributed by atoms with Crippen molar-refractivity contribution in [1.82, 2.24) is 4.57 Å². The molecule has 0 fully saturated rings. The van der Waals surface area contributed by atoms with E-state index >= 15 is 0 Å². The number of aromatic nitrogens is 1. The molecule has 1 aromatic heterocycles. The zero-order valence-electron chi connectivity index (χ0n) is 13.7. The van der Waals surface area contributed by atoms with Crippen LogP contribution in [0.15, 0.2) is 54.7 Å². The molecule has 3 aromatic rings. The second kappa shape index (κ2) is 6.76. The number of fused-ring (bicyclic) bond motifs is 1. The van der Waals surface area contributed by atoms with Gasteiger partial charge in [0.1, 0.15) is 11.6 Å². The minimum absolute atomic E-state index is 0.306. The summed E-state index contributed by atoms with van der Waals surface area (Å²) >= 11 is 0. The van der Waals surface area contributed by atoms with Gasteiger partial charge in [-0.3, -0.25) is 9.36 Å². The lowest BCUT2D eigenvalue weighted by Gasteiger charge is -2.14. The molecule has 0 saturated carbocycles. The van der Waals surface area contributed by atoms with Gasteiger partial charge in [0.2, 0.25) is 0 Å². The zero-order valence-corrected chi connectivity index (χ0v) is 13.7. The highest BCUT2D eigenvalue weighted by molar-refractivity contribution is 6.07. The third kappa shape index (κ3) is 3.24. The van der Waals surface area contributed by atoms with Crippen LogP contribution in [0, 0.1) is 5.82 Å². The van der Waals surface area contributed by atoms with E-state index in [1.165, 1.54) is 42.1 Å². The smallest absolute Gasteiger partial charge is 0.340 e. The van der Waals surface area contributed by atoms with E-state index in [2.05, 4.69) is 0 Å². The Labute approximate surface area is 143 Å². The first kappa shape index (κ1) is 16.7. The molecule has 25 heavy (non-hydrogen) atoms. The summed E-state index contributed by atoms with van der Waals surface area (Å²) in [4.78, 5) is 24.7. The van der Waals surface area contributed by atoms with Gasteiger partial charge in [-0.2, -0.15) is 0 Å². The second-order valence-corrected chi connectivity index (χ2v) is 5.47. The van der Waals surface area contributed by atoms with Crippen molar-refractivity contribution in [3.63, 3.8) is 0 Å². The molecule has 0 amide bonds. The van der Waals surface area contributed by atoms with E-state index in [1.54, 1.807) is 31.2 Å². The Morgan fingerprint density at radius 1 is 1.08 bits per heavy atom. The van der Waals surface area contributed by atoms with Gasteiger partial charge < -0.3 is 9.47 Å². The Bertz CT molecular complexity index is 930. The van der Waals surface area contributed by atoms with Gasteiger partial charge in [-0.1, -0.05) is 18.2 Å². The van der Waals surface area contributed by atoms with Crippen molar-refractivity contribution in [2.24, 2.45) is 0 Å². The first-order valence-corrected chi connectivity index (χ1v) is 7.66.